The van der Waals surface area contributed by atoms with Gasteiger partial charge in [0.1, 0.15) is 11.5 Å². The number of benzene rings is 1. The Hall–Kier alpha value is -2.43. The average molecular weight is 462 g/mol. The maximum Gasteiger partial charge on any atom is 0.353 e. The van der Waals surface area contributed by atoms with Crippen LogP contribution in [0, 0.1) is 5.41 Å². The van der Waals surface area contributed by atoms with Crippen LogP contribution in [0.15, 0.2) is 21.2 Å². The summed E-state index contributed by atoms with van der Waals surface area (Å²) in [6.07, 6.45) is 7.06. The van der Waals surface area contributed by atoms with Crippen LogP contribution < -0.4 is 16.0 Å². The fraction of sp³-hybridized carbons (Fsp3) is 0.545. The number of thiol groups is 1. The highest BCUT2D eigenvalue weighted by molar-refractivity contribution is 7.80. The number of aryl methyl sites for hydroxylation is 2. The van der Waals surface area contributed by atoms with Gasteiger partial charge >= 0.3 is 6.03 Å². The van der Waals surface area contributed by atoms with Gasteiger partial charge in [-0.2, -0.15) is 0 Å². The van der Waals surface area contributed by atoms with E-state index in [0.717, 1.165) is 50.4 Å². The molecule has 0 spiro atoms. The molecule has 1 aromatic rings. The fourth-order valence-corrected chi connectivity index (χ4v) is 5.36. The molecule has 0 bridgehead atoms. The Labute approximate surface area is 190 Å². The van der Waals surface area contributed by atoms with E-state index in [4.69, 9.17) is 14.9 Å². The van der Waals surface area contributed by atoms with Crippen molar-refractivity contribution in [3.63, 3.8) is 0 Å². The summed E-state index contributed by atoms with van der Waals surface area (Å²) in [5, 5.41) is 16.9. The summed E-state index contributed by atoms with van der Waals surface area (Å²) in [7, 11) is -0.829. The van der Waals surface area contributed by atoms with Crippen LogP contribution in [-0.4, -0.2) is 55.9 Å². The number of ether oxygens (including phenoxy) is 2. The minimum atomic E-state index is -2.47. The molecule has 10 heteroatoms. The van der Waals surface area contributed by atoms with E-state index >= 15 is 0 Å². The van der Waals surface area contributed by atoms with E-state index in [0.29, 0.717) is 26.3 Å². The van der Waals surface area contributed by atoms with Crippen molar-refractivity contribution in [1.29, 1.82) is 5.41 Å². The van der Waals surface area contributed by atoms with Crippen LogP contribution in [0.2, 0.25) is 0 Å². The zero-order valence-corrected chi connectivity index (χ0v) is 19.2. The summed E-state index contributed by atoms with van der Waals surface area (Å²) < 4.78 is 27.3. The number of nitrogens with one attached hydrogen (secondary N) is 4. The number of anilines is 1. The number of allylic oxidation sites excluding steroid dienone is 1. The van der Waals surface area contributed by atoms with Gasteiger partial charge in [-0.15, -0.1) is 4.36 Å². The molecular formula is C22H31N5O4S. The van der Waals surface area contributed by atoms with Crippen molar-refractivity contribution in [2.45, 2.75) is 44.6 Å². The van der Waals surface area contributed by atoms with Crippen molar-refractivity contribution in [1.82, 2.24) is 10.6 Å². The number of amides is 2. The van der Waals surface area contributed by atoms with Gasteiger partial charge in [0.25, 0.3) is 0 Å². The monoisotopic (exact) mass is 461 g/mol. The number of nitrogens with zero attached hydrogens (tertiary/aromatic N) is 1. The molecule has 0 aromatic heterocycles. The summed E-state index contributed by atoms with van der Waals surface area (Å²) in [6, 6.07) is 1.72. The number of urea groups is 1. The van der Waals surface area contributed by atoms with Crippen LogP contribution in [-0.2, 0) is 45.8 Å². The molecule has 3 aliphatic rings. The molecule has 2 unspecified atom stereocenters. The Morgan fingerprint density at radius 2 is 2.03 bits per heavy atom. The Morgan fingerprint density at radius 3 is 2.62 bits per heavy atom. The van der Waals surface area contributed by atoms with E-state index in [9.17, 15) is 9.00 Å². The molecule has 1 saturated heterocycles. The predicted molar refractivity (Wildman–Crippen MR) is 125 cm³/mol. The average Bonchev–Trinajstić information content (AvgIpc) is 3.45. The molecular weight excluding hydrogens is 430 g/mol. The molecule has 174 valence electrons. The Morgan fingerprint density at radius 1 is 1.31 bits per heavy atom. The molecule has 4 rings (SSSR count). The van der Waals surface area contributed by atoms with Crippen molar-refractivity contribution in [2.75, 3.05) is 38.7 Å². The van der Waals surface area contributed by atoms with Gasteiger partial charge in [-0.1, -0.05) is 6.07 Å². The summed E-state index contributed by atoms with van der Waals surface area (Å²) in [5.41, 5.74) is 5.87. The molecule has 2 amide bonds. The van der Waals surface area contributed by atoms with E-state index in [1.807, 2.05) is 0 Å². The van der Waals surface area contributed by atoms with E-state index < -0.39 is 16.6 Å². The minimum absolute atomic E-state index is 0.0706. The van der Waals surface area contributed by atoms with Crippen LogP contribution in [0.3, 0.4) is 0 Å². The molecule has 4 N–H and O–H groups in total. The lowest BCUT2D eigenvalue weighted by molar-refractivity contribution is 0.119. The fourth-order valence-electron chi connectivity index (χ4n) is 4.61. The molecule has 1 aliphatic heterocycles. The van der Waals surface area contributed by atoms with Gasteiger partial charge in [-0.3, -0.25) is 0 Å². The zero-order valence-electron chi connectivity index (χ0n) is 18.3. The summed E-state index contributed by atoms with van der Waals surface area (Å²) in [5.74, 6) is 0.240. The van der Waals surface area contributed by atoms with Gasteiger partial charge < -0.3 is 30.8 Å². The maximum atomic E-state index is 12.8. The van der Waals surface area contributed by atoms with Gasteiger partial charge in [0.05, 0.1) is 23.2 Å². The molecule has 0 saturated carbocycles. The molecule has 2 atom stereocenters. The lowest BCUT2D eigenvalue weighted by Crippen LogP contribution is -2.47. The first-order valence-corrected chi connectivity index (χ1v) is 12.3. The lowest BCUT2D eigenvalue weighted by atomic mass is 9.99. The molecule has 2 aliphatic carbocycles. The standard InChI is InChI=1S/C22H31N5O4S/c1-30-9-8-24-16-12-25-21(31-13-16)19(11-23)32(29)27-22(28)26-20-17-6-2-4-14(17)10-15-5-3-7-18(15)20/h10-11,16,23-25,32H,2-9,12-13H2,1H3,(H,26,28)/b21-19-,23-11?. The number of methoxy groups -OCH3 is 1. The molecule has 0 radical (unpaired) electrons. The van der Waals surface area contributed by atoms with E-state index in [1.54, 1.807) is 7.11 Å². The largest absolute Gasteiger partial charge is 0.477 e. The van der Waals surface area contributed by atoms with Crippen molar-refractivity contribution in [3.05, 3.63) is 39.1 Å². The topological polar surface area (TPSA) is 125 Å². The summed E-state index contributed by atoms with van der Waals surface area (Å²) in [6.45, 7) is 2.20. The van der Waals surface area contributed by atoms with Crippen LogP contribution in [0.1, 0.15) is 35.1 Å². The van der Waals surface area contributed by atoms with Crippen LogP contribution in [0.5, 0.6) is 0 Å². The number of fused-ring (bicyclic) bond motifs is 2. The van der Waals surface area contributed by atoms with Gasteiger partial charge in [-0.05, 0) is 60.8 Å². The van der Waals surface area contributed by atoms with Gasteiger partial charge in [-0.25, -0.2) is 9.00 Å². The summed E-state index contributed by atoms with van der Waals surface area (Å²) in [4.78, 5) is 12.8. The normalized spacial score (nSPS) is 21.8. The van der Waals surface area contributed by atoms with Crippen LogP contribution >= 0.6 is 0 Å². The predicted octanol–water partition coefficient (Wildman–Crippen LogP) is 1.90. The number of carbonyl (C=O) groups excluding carboxylic acids is 1. The SMILES string of the molecule is COCCNC1CN/C(=C(\C=N)[SH](=O)=NC(=O)Nc2c3c(cc4c2CCC4)CCC3)OC1. The number of hydrogen-bond acceptors (Lipinski definition) is 7. The van der Waals surface area contributed by atoms with Crippen LogP contribution in [0.4, 0.5) is 10.5 Å². The van der Waals surface area contributed by atoms with Gasteiger partial charge in [0, 0.05) is 32.1 Å². The molecule has 9 nitrogen and oxygen atoms in total. The molecule has 1 aromatic carbocycles. The van der Waals surface area contributed by atoms with Gasteiger partial charge in [0.15, 0.2) is 0 Å². The smallest absolute Gasteiger partial charge is 0.353 e. The van der Waals surface area contributed by atoms with Crippen molar-refractivity contribution < 1.29 is 18.5 Å². The van der Waals surface area contributed by atoms with E-state index in [1.165, 1.54) is 22.3 Å². The zero-order chi connectivity index (χ0) is 22.5. The second-order valence-corrected chi connectivity index (χ2v) is 9.46. The number of rotatable bonds is 7. The highest BCUT2D eigenvalue weighted by Gasteiger charge is 2.25. The molecule has 32 heavy (non-hydrogen) atoms. The van der Waals surface area contributed by atoms with Crippen molar-refractivity contribution >= 4 is 28.5 Å². The Balaban J connectivity index is 1.46. The Kier molecular flexibility index (Phi) is 7.44. The third-order valence-corrected chi connectivity index (χ3v) is 7.25. The highest BCUT2D eigenvalue weighted by atomic mass is 32.2. The Bertz CT molecular complexity index is 974. The summed E-state index contributed by atoms with van der Waals surface area (Å²) >= 11 is 0. The van der Waals surface area contributed by atoms with E-state index in [2.05, 4.69) is 26.4 Å². The molecule has 1 heterocycles. The third-order valence-electron chi connectivity index (χ3n) is 6.14. The van der Waals surface area contributed by atoms with Crippen molar-refractivity contribution in [3.8, 4) is 0 Å². The minimum Gasteiger partial charge on any atom is -0.477 e. The van der Waals surface area contributed by atoms with Crippen molar-refractivity contribution in [2.24, 2.45) is 4.36 Å². The number of hydrogen-bond donors (Lipinski definition) is 5. The second-order valence-electron chi connectivity index (χ2n) is 8.23. The first-order valence-electron chi connectivity index (χ1n) is 11.1. The first kappa shape index (κ1) is 22.8. The highest BCUT2D eigenvalue weighted by Crippen LogP contribution is 2.38. The molecule has 1 fully saturated rings. The maximum absolute atomic E-state index is 12.8. The first-order chi connectivity index (χ1) is 15.6. The lowest BCUT2D eigenvalue weighted by Gasteiger charge is -2.27. The number of carbonyl (C=O) groups is 1. The van der Waals surface area contributed by atoms with E-state index in [-0.39, 0.29) is 16.8 Å². The third kappa shape index (κ3) is 4.97. The quantitative estimate of drug-likeness (QED) is 0.240. The van der Waals surface area contributed by atoms with Crippen LogP contribution in [0.25, 0.3) is 0 Å². The van der Waals surface area contributed by atoms with Gasteiger partial charge in [0.2, 0.25) is 5.88 Å². The second kappa shape index (κ2) is 10.5.